The van der Waals surface area contributed by atoms with Gasteiger partial charge in [-0.25, -0.2) is 14.6 Å². The number of anilines is 1. The predicted molar refractivity (Wildman–Crippen MR) is 78.8 cm³/mol. The highest BCUT2D eigenvalue weighted by atomic mass is 15.3. The summed E-state index contributed by atoms with van der Waals surface area (Å²) in [5, 5.41) is 7.66. The van der Waals surface area contributed by atoms with Gasteiger partial charge < -0.3 is 5.32 Å². The third kappa shape index (κ3) is 2.98. The SMILES string of the molecule is CCC1CCC(Nc2ccc(-n3cncn3)nc2)CC1. The van der Waals surface area contributed by atoms with Crippen molar-refractivity contribution in [2.24, 2.45) is 5.92 Å². The highest BCUT2D eigenvalue weighted by Crippen LogP contribution is 2.28. The maximum Gasteiger partial charge on any atom is 0.155 e. The molecule has 2 heterocycles. The molecule has 0 spiro atoms. The van der Waals surface area contributed by atoms with Gasteiger partial charge in [0.1, 0.15) is 12.7 Å². The first-order valence-corrected chi connectivity index (χ1v) is 7.42. The van der Waals surface area contributed by atoms with Crippen molar-refractivity contribution in [3.8, 4) is 5.82 Å². The number of hydrogen-bond acceptors (Lipinski definition) is 4. The van der Waals surface area contributed by atoms with Crippen LogP contribution < -0.4 is 5.32 Å². The second-order valence-electron chi connectivity index (χ2n) is 5.52. The van der Waals surface area contributed by atoms with Gasteiger partial charge in [-0.15, -0.1) is 0 Å². The minimum atomic E-state index is 0.594. The maximum atomic E-state index is 4.42. The first kappa shape index (κ1) is 13.1. The molecule has 0 atom stereocenters. The summed E-state index contributed by atoms with van der Waals surface area (Å²) in [6.07, 6.45) is 11.6. The van der Waals surface area contributed by atoms with Crippen LogP contribution in [0.15, 0.2) is 31.0 Å². The van der Waals surface area contributed by atoms with Crippen LogP contribution >= 0.6 is 0 Å². The standard InChI is InChI=1S/C15H21N5/c1-2-12-3-5-13(6-4-12)19-14-7-8-15(17-9-14)20-11-16-10-18-20/h7-13,19H,2-6H2,1H3. The number of aromatic nitrogens is 4. The Morgan fingerprint density at radius 3 is 2.70 bits per heavy atom. The Hall–Kier alpha value is -1.91. The lowest BCUT2D eigenvalue weighted by molar-refractivity contribution is 0.330. The fraction of sp³-hybridized carbons (Fsp3) is 0.533. The molecule has 2 aromatic heterocycles. The zero-order valence-corrected chi connectivity index (χ0v) is 11.9. The van der Waals surface area contributed by atoms with Crippen molar-refractivity contribution < 1.29 is 0 Å². The Labute approximate surface area is 119 Å². The molecule has 1 N–H and O–H groups in total. The van der Waals surface area contributed by atoms with Gasteiger partial charge in [0.05, 0.1) is 11.9 Å². The van der Waals surface area contributed by atoms with Gasteiger partial charge in [-0.1, -0.05) is 13.3 Å². The number of pyridine rings is 1. The Morgan fingerprint density at radius 2 is 2.10 bits per heavy atom. The van der Waals surface area contributed by atoms with E-state index in [4.69, 9.17) is 0 Å². The van der Waals surface area contributed by atoms with Gasteiger partial charge in [0.15, 0.2) is 5.82 Å². The second kappa shape index (κ2) is 6.03. The van der Waals surface area contributed by atoms with Crippen LogP contribution in [0.25, 0.3) is 5.82 Å². The highest BCUT2D eigenvalue weighted by molar-refractivity contribution is 5.44. The Bertz CT molecular complexity index is 512. The molecule has 0 aliphatic heterocycles. The summed E-state index contributed by atoms with van der Waals surface area (Å²) in [7, 11) is 0. The largest absolute Gasteiger partial charge is 0.381 e. The van der Waals surface area contributed by atoms with Gasteiger partial charge in [0.25, 0.3) is 0 Å². The second-order valence-corrected chi connectivity index (χ2v) is 5.52. The molecule has 0 unspecified atom stereocenters. The van der Waals surface area contributed by atoms with E-state index in [1.165, 1.54) is 38.4 Å². The Kier molecular flexibility index (Phi) is 3.95. The summed E-state index contributed by atoms with van der Waals surface area (Å²) in [6.45, 7) is 2.30. The monoisotopic (exact) mass is 271 g/mol. The van der Waals surface area contributed by atoms with E-state index in [-0.39, 0.29) is 0 Å². The molecule has 5 nitrogen and oxygen atoms in total. The van der Waals surface area contributed by atoms with Crippen LogP contribution in [0.5, 0.6) is 0 Å². The molecular formula is C15H21N5. The molecule has 0 bridgehead atoms. The molecule has 1 fully saturated rings. The van der Waals surface area contributed by atoms with E-state index in [1.54, 1.807) is 11.0 Å². The number of rotatable bonds is 4. The summed E-state index contributed by atoms with van der Waals surface area (Å²) in [4.78, 5) is 8.34. The molecular weight excluding hydrogens is 250 g/mol. The van der Waals surface area contributed by atoms with Crippen molar-refractivity contribution in [1.82, 2.24) is 19.7 Å². The van der Waals surface area contributed by atoms with E-state index in [2.05, 4.69) is 33.4 Å². The average Bonchev–Trinajstić information content (AvgIpc) is 3.03. The fourth-order valence-corrected chi connectivity index (χ4v) is 2.88. The fourth-order valence-electron chi connectivity index (χ4n) is 2.88. The van der Waals surface area contributed by atoms with Crippen molar-refractivity contribution in [1.29, 1.82) is 0 Å². The molecule has 1 aliphatic rings. The number of hydrogen-bond donors (Lipinski definition) is 1. The molecule has 0 radical (unpaired) electrons. The third-order valence-electron chi connectivity index (χ3n) is 4.20. The van der Waals surface area contributed by atoms with Crippen molar-refractivity contribution in [2.75, 3.05) is 5.32 Å². The van der Waals surface area contributed by atoms with E-state index in [0.717, 1.165) is 17.4 Å². The van der Waals surface area contributed by atoms with Gasteiger partial charge in [0, 0.05) is 6.04 Å². The zero-order valence-electron chi connectivity index (χ0n) is 11.9. The van der Waals surface area contributed by atoms with Gasteiger partial charge in [-0.3, -0.25) is 0 Å². The van der Waals surface area contributed by atoms with Crippen molar-refractivity contribution >= 4 is 5.69 Å². The summed E-state index contributed by atoms with van der Waals surface area (Å²) in [6, 6.07) is 4.63. The van der Waals surface area contributed by atoms with Crippen LogP contribution in [0.4, 0.5) is 5.69 Å². The third-order valence-corrected chi connectivity index (χ3v) is 4.20. The maximum absolute atomic E-state index is 4.42. The molecule has 3 rings (SSSR count). The van der Waals surface area contributed by atoms with E-state index < -0.39 is 0 Å². The van der Waals surface area contributed by atoms with Crippen LogP contribution in [0.1, 0.15) is 39.0 Å². The van der Waals surface area contributed by atoms with Gasteiger partial charge in [-0.2, -0.15) is 5.10 Å². The van der Waals surface area contributed by atoms with E-state index in [9.17, 15) is 0 Å². The molecule has 5 heteroatoms. The molecule has 0 aromatic carbocycles. The molecule has 1 aliphatic carbocycles. The topological polar surface area (TPSA) is 55.6 Å². The minimum Gasteiger partial charge on any atom is -0.381 e. The van der Waals surface area contributed by atoms with Gasteiger partial charge in [0.2, 0.25) is 0 Å². The van der Waals surface area contributed by atoms with Gasteiger partial charge >= 0.3 is 0 Å². The number of nitrogens with zero attached hydrogens (tertiary/aromatic N) is 4. The summed E-state index contributed by atoms with van der Waals surface area (Å²) in [5.41, 5.74) is 1.09. The molecule has 106 valence electrons. The van der Waals surface area contributed by atoms with Crippen molar-refractivity contribution in [3.63, 3.8) is 0 Å². The smallest absolute Gasteiger partial charge is 0.155 e. The van der Waals surface area contributed by atoms with E-state index in [0.29, 0.717) is 6.04 Å². The predicted octanol–water partition coefficient (Wildman–Crippen LogP) is 3.04. The molecule has 0 amide bonds. The van der Waals surface area contributed by atoms with Crippen molar-refractivity contribution in [2.45, 2.75) is 45.1 Å². The molecule has 0 saturated heterocycles. The Balaban J connectivity index is 1.59. The summed E-state index contributed by atoms with van der Waals surface area (Å²) in [5.74, 6) is 1.73. The molecule has 20 heavy (non-hydrogen) atoms. The molecule has 1 saturated carbocycles. The first-order valence-electron chi connectivity index (χ1n) is 7.42. The van der Waals surface area contributed by atoms with E-state index in [1.807, 2.05) is 12.3 Å². The van der Waals surface area contributed by atoms with Crippen LogP contribution in [0.3, 0.4) is 0 Å². The number of nitrogens with one attached hydrogen (secondary N) is 1. The van der Waals surface area contributed by atoms with E-state index >= 15 is 0 Å². The van der Waals surface area contributed by atoms with Crippen LogP contribution in [-0.2, 0) is 0 Å². The molecule has 2 aromatic rings. The van der Waals surface area contributed by atoms with Crippen LogP contribution in [0, 0.1) is 5.92 Å². The van der Waals surface area contributed by atoms with Crippen molar-refractivity contribution in [3.05, 3.63) is 31.0 Å². The average molecular weight is 271 g/mol. The zero-order chi connectivity index (χ0) is 13.8. The first-order chi connectivity index (χ1) is 9.85. The lowest BCUT2D eigenvalue weighted by atomic mass is 9.84. The highest BCUT2D eigenvalue weighted by Gasteiger charge is 2.19. The minimum absolute atomic E-state index is 0.594. The lowest BCUT2D eigenvalue weighted by Gasteiger charge is -2.29. The lowest BCUT2D eigenvalue weighted by Crippen LogP contribution is -2.25. The summed E-state index contributed by atoms with van der Waals surface area (Å²) < 4.78 is 1.66. The van der Waals surface area contributed by atoms with Crippen LogP contribution in [0.2, 0.25) is 0 Å². The normalized spacial score (nSPS) is 22.6. The van der Waals surface area contributed by atoms with Gasteiger partial charge in [-0.05, 0) is 43.7 Å². The van der Waals surface area contributed by atoms with Crippen LogP contribution in [-0.4, -0.2) is 25.8 Å². The Morgan fingerprint density at radius 1 is 1.25 bits per heavy atom. The quantitative estimate of drug-likeness (QED) is 0.928. The summed E-state index contributed by atoms with van der Waals surface area (Å²) >= 11 is 0.